The van der Waals surface area contributed by atoms with Crippen molar-refractivity contribution in [2.75, 3.05) is 61.8 Å². The molecule has 0 radical (unpaired) electrons. The van der Waals surface area contributed by atoms with E-state index >= 15 is 0 Å². The summed E-state index contributed by atoms with van der Waals surface area (Å²) in [5.41, 5.74) is 1.84. The van der Waals surface area contributed by atoms with Crippen molar-refractivity contribution in [3.63, 3.8) is 0 Å². The number of benzene rings is 1. The Morgan fingerprint density at radius 3 is 2.39 bits per heavy atom. The lowest BCUT2D eigenvalue weighted by Crippen LogP contribution is -2.46. The highest BCUT2D eigenvalue weighted by Gasteiger charge is 2.25. The first-order valence-corrected chi connectivity index (χ1v) is 11.9. The van der Waals surface area contributed by atoms with Crippen LogP contribution in [0.5, 0.6) is 0 Å². The first-order valence-electron chi connectivity index (χ1n) is 10.3. The van der Waals surface area contributed by atoms with E-state index in [9.17, 15) is 13.2 Å². The molecule has 0 saturated carbocycles. The van der Waals surface area contributed by atoms with Crippen LogP contribution in [-0.2, 0) is 14.8 Å². The van der Waals surface area contributed by atoms with E-state index in [0.717, 1.165) is 56.9 Å². The smallest absolute Gasteiger partial charge is 0.224 e. The second-order valence-corrected chi connectivity index (χ2v) is 9.60. The van der Waals surface area contributed by atoms with Crippen molar-refractivity contribution in [1.29, 1.82) is 0 Å². The molecule has 0 bridgehead atoms. The Hall–Kier alpha value is -1.64. The number of nitrogens with one attached hydrogen (secondary N) is 1. The molecule has 2 heterocycles. The second-order valence-electron chi connectivity index (χ2n) is 7.51. The molecule has 2 aliphatic heterocycles. The number of carbonyl (C=O) groups excluding carboxylic acids is 1. The highest BCUT2D eigenvalue weighted by atomic mass is 32.2. The zero-order valence-corrected chi connectivity index (χ0v) is 17.6. The van der Waals surface area contributed by atoms with Crippen LogP contribution >= 0.6 is 0 Å². The fourth-order valence-corrected chi connectivity index (χ4v) is 5.47. The maximum absolute atomic E-state index is 12.4. The van der Waals surface area contributed by atoms with Gasteiger partial charge in [0.1, 0.15) is 0 Å². The lowest BCUT2D eigenvalue weighted by atomic mass is 10.2. The number of nitrogens with zero attached hydrogens (tertiary/aromatic N) is 3. The number of sulfonamides is 1. The molecule has 0 unspecified atom stereocenters. The summed E-state index contributed by atoms with van der Waals surface area (Å²) >= 11 is 0. The van der Waals surface area contributed by atoms with Crippen LogP contribution < -0.4 is 10.2 Å². The molecule has 1 aromatic rings. The molecule has 1 amide bonds. The van der Waals surface area contributed by atoms with Crippen LogP contribution in [0.15, 0.2) is 24.3 Å². The average Bonchev–Trinajstić information content (AvgIpc) is 3.24. The molecule has 1 aromatic carbocycles. The summed E-state index contributed by atoms with van der Waals surface area (Å²) in [6.07, 6.45) is 2.43. The van der Waals surface area contributed by atoms with Gasteiger partial charge in [-0.05, 0) is 37.9 Å². The van der Waals surface area contributed by atoms with Crippen LogP contribution in [0.4, 0.5) is 11.4 Å². The lowest BCUT2D eigenvalue weighted by molar-refractivity contribution is -0.116. The van der Waals surface area contributed by atoms with Gasteiger partial charge in [0.05, 0.1) is 17.1 Å². The molecule has 2 fully saturated rings. The molecule has 3 rings (SSSR count). The van der Waals surface area contributed by atoms with E-state index in [1.807, 2.05) is 24.3 Å². The van der Waals surface area contributed by atoms with Crippen LogP contribution in [0.25, 0.3) is 0 Å². The average molecular weight is 409 g/mol. The normalized spacial score (nSPS) is 19.1. The standard InChI is InChI=1S/C20H32N4O3S/c1-2-22-13-15-23(16-14-22)19-9-4-3-8-18(19)21-20(25)10-7-17-28(26,27)24-11-5-6-12-24/h3-4,8-9H,2,5-7,10-17H2,1H3,(H,21,25). The number of hydrogen-bond donors (Lipinski definition) is 1. The molecular weight excluding hydrogens is 376 g/mol. The molecule has 0 aliphatic carbocycles. The number of anilines is 2. The number of likely N-dealkylation sites (N-methyl/N-ethyl adjacent to an activating group) is 1. The van der Waals surface area contributed by atoms with Crippen LogP contribution in [0.1, 0.15) is 32.6 Å². The Labute approximate surface area is 168 Å². The fourth-order valence-electron chi connectivity index (χ4n) is 3.88. The molecule has 7 nitrogen and oxygen atoms in total. The van der Waals surface area contributed by atoms with Gasteiger partial charge in [0.15, 0.2) is 0 Å². The van der Waals surface area contributed by atoms with Gasteiger partial charge >= 0.3 is 0 Å². The molecule has 28 heavy (non-hydrogen) atoms. The monoisotopic (exact) mass is 408 g/mol. The maximum atomic E-state index is 12.4. The van der Waals surface area contributed by atoms with E-state index < -0.39 is 10.0 Å². The first kappa shape index (κ1) is 21.1. The van der Waals surface area contributed by atoms with Crippen molar-refractivity contribution >= 4 is 27.3 Å². The first-order chi connectivity index (χ1) is 13.5. The van der Waals surface area contributed by atoms with Gasteiger partial charge in [-0.1, -0.05) is 19.1 Å². The molecule has 0 atom stereocenters. The van der Waals surface area contributed by atoms with Gasteiger partial charge in [0, 0.05) is 45.7 Å². The van der Waals surface area contributed by atoms with Crippen molar-refractivity contribution in [1.82, 2.24) is 9.21 Å². The Bertz CT molecular complexity index is 754. The Morgan fingerprint density at radius 1 is 1.04 bits per heavy atom. The third-order valence-corrected chi connectivity index (χ3v) is 7.56. The summed E-state index contributed by atoms with van der Waals surface area (Å²) in [6, 6.07) is 7.86. The summed E-state index contributed by atoms with van der Waals surface area (Å²) < 4.78 is 26.1. The molecule has 0 aromatic heterocycles. The molecule has 2 aliphatic rings. The summed E-state index contributed by atoms with van der Waals surface area (Å²) in [7, 11) is -3.22. The molecule has 0 spiro atoms. The van der Waals surface area contributed by atoms with Crippen LogP contribution in [0.2, 0.25) is 0 Å². The minimum atomic E-state index is -3.22. The third-order valence-electron chi connectivity index (χ3n) is 5.60. The second kappa shape index (κ2) is 9.71. The van der Waals surface area contributed by atoms with Crippen molar-refractivity contribution < 1.29 is 13.2 Å². The van der Waals surface area contributed by atoms with E-state index in [1.165, 1.54) is 0 Å². The number of carbonyl (C=O) groups is 1. The molecule has 1 N–H and O–H groups in total. The molecule has 2 saturated heterocycles. The van der Waals surface area contributed by atoms with E-state index in [4.69, 9.17) is 0 Å². The summed E-state index contributed by atoms with van der Waals surface area (Å²) in [4.78, 5) is 17.1. The SMILES string of the molecule is CCN1CCN(c2ccccc2NC(=O)CCCS(=O)(=O)N2CCCC2)CC1. The predicted octanol–water partition coefficient (Wildman–Crippen LogP) is 1.97. The quantitative estimate of drug-likeness (QED) is 0.712. The fraction of sp³-hybridized carbons (Fsp3) is 0.650. The van der Waals surface area contributed by atoms with E-state index in [1.54, 1.807) is 4.31 Å². The Morgan fingerprint density at radius 2 is 1.71 bits per heavy atom. The van der Waals surface area contributed by atoms with Gasteiger partial charge in [-0.3, -0.25) is 4.79 Å². The molecular formula is C20H32N4O3S. The molecule has 8 heteroatoms. The predicted molar refractivity (Wildman–Crippen MR) is 113 cm³/mol. The minimum Gasteiger partial charge on any atom is -0.367 e. The van der Waals surface area contributed by atoms with Gasteiger partial charge < -0.3 is 15.1 Å². The van der Waals surface area contributed by atoms with Crippen LogP contribution in [-0.4, -0.2) is 75.1 Å². The van der Waals surface area contributed by atoms with E-state index in [2.05, 4.69) is 22.0 Å². The topological polar surface area (TPSA) is 73.0 Å². The van der Waals surface area contributed by atoms with Gasteiger partial charge in [-0.15, -0.1) is 0 Å². The van der Waals surface area contributed by atoms with Gasteiger partial charge in [0.25, 0.3) is 0 Å². The number of para-hydroxylation sites is 2. The zero-order valence-electron chi connectivity index (χ0n) is 16.8. The van der Waals surface area contributed by atoms with Crippen molar-refractivity contribution in [3.05, 3.63) is 24.3 Å². The van der Waals surface area contributed by atoms with Crippen LogP contribution in [0.3, 0.4) is 0 Å². The largest absolute Gasteiger partial charge is 0.367 e. The summed E-state index contributed by atoms with van der Waals surface area (Å²) in [6.45, 7) is 8.39. The number of amides is 1. The third kappa shape index (κ3) is 5.46. The van der Waals surface area contributed by atoms with Gasteiger partial charge in [0.2, 0.25) is 15.9 Å². The van der Waals surface area contributed by atoms with Gasteiger partial charge in [-0.25, -0.2) is 12.7 Å². The summed E-state index contributed by atoms with van der Waals surface area (Å²) in [5.74, 6) is -0.0858. The van der Waals surface area contributed by atoms with Gasteiger partial charge in [-0.2, -0.15) is 0 Å². The highest BCUT2D eigenvalue weighted by molar-refractivity contribution is 7.89. The number of hydrogen-bond acceptors (Lipinski definition) is 5. The van der Waals surface area contributed by atoms with Crippen molar-refractivity contribution in [2.24, 2.45) is 0 Å². The minimum absolute atomic E-state index is 0.0427. The zero-order chi connectivity index (χ0) is 20.0. The summed E-state index contributed by atoms with van der Waals surface area (Å²) in [5, 5.41) is 2.99. The Kier molecular flexibility index (Phi) is 7.31. The highest BCUT2D eigenvalue weighted by Crippen LogP contribution is 2.27. The van der Waals surface area contributed by atoms with Crippen LogP contribution in [0, 0.1) is 0 Å². The van der Waals surface area contributed by atoms with E-state index in [0.29, 0.717) is 19.5 Å². The van der Waals surface area contributed by atoms with Crippen molar-refractivity contribution in [2.45, 2.75) is 32.6 Å². The number of rotatable bonds is 8. The molecule has 156 valence electrons. The maximum Gasteiger partial charge on any atom is 0.224 e. The van der Waals surface area contributed by atoms with Crippen molar-refractivity contribution in [3.8, 4) is 0 Å². The Balaban J connectivity index is 1.52. The number of piperazine rings is 1. The van der Waals surface area contributed by atoms with E-state index in [-0.39, 0.29) is 18.1 Å². The lowest BCUT2D eigenvalue weighted by Gasteiger charge is -2.36.